The zero-order valence-corrected chi connectivity index (χ0v) is 16.9. The average Bonchev–Trinajstić information content (AvgIpc) is 2.72. The molecule has 0 bridgehead atoms. The number of unbranched alkanes of at least 4 members (excludes halogenated alkanes) is 2. The van der Waals surface area contributed by atoms with E-state index in [-0.39, 0.29) is 5.82 Å². The summed E-state index contributed by atoms with van der Waals surface area (Å²) in [5, 5.41) is 0. The van der Waals surface area contributed by atoms with Crippen molar-refractivity contribution >= 4 is 0 Å². The molecule has 1 aromatic heterocycles. The summed E-state index contributed by atoms with van der Waals surface area (Å²) in [5.74, 6) is 1.98. The number of nitrogens with zero attached hydrogens (tertiary/aromatic N) is 2. The van der Waals surface area contributed by atoms with Crippen LogP contribution in [0.25, 0.3) is 11.4 Å². The van der Waals surface area contributed by atoms with Gasteiger partial charge in [0, 0.05) is 18.0 Å². The zero-order chi connectivity index (χ0) is 19.1. The maximum absolute atomic E-state index is 14.3. The molecule has 2 nitrogen and oxygen atoms in total. The summed E-state index contributed by atoms with van der Waals surface area (Å²) in [6, 6.07) is 5.41. The molecule has 3 rings (SSSR count). The van der Waals surface area contributed by atoms with Crippen molar-refractivity contribution < 1.29 is 4.39 Å². The fourth-order valence-corrected chi connectivity index (χ4v) is 4.23. The Morgan fingerprint density at radius 2 is 1.67 bits per heavy atom. The predicted octanol–water partition coefficient (Wildman–Crippen LogP) is 7.09. The fourth-order valence-electron chi connectivity index (χ4n) is 4.23. The van der Waals surface area contributed by atoms with E-state index >= 15 is 0 Å². The summed E-state index contributed by atoms with van der Waals surface area (Å²) >= 11 is 0. The summed E-state index contributed by atoms with van der Waals surface area (Å²) in [7, 11) is 0. The van der Waals surface area contributed by atoms with Gasteiger partial charge in [-0.15, -0.1) is 0 Å². The normalized spacial score (nSPS) is 20.0. The second-order valence-electron chi connectivity index (χ2n) is 8.11. The fraction of sp³-hybridized carbons (Fsp3) is 0.583. The molecule has 27 heavy (non-hydrogen) atoms. The van der Waals surface area contributed by atoms with Crippen LogP contribution in [0.5, 0.6) is 0 Å². The lowest BCUT2D eigenvalue weighted by molar-refractivity contribution is 0.304. The van der Waals surface area contributed by atoms with Crippen LogP contribution in [0.2, 0.25) is 0 Å². The smallest absolute Gasteiger partial charge is 0.159 e. The number of hydrogen-bond donors (Lipinski definition) is 0. The molecular weight excluding hydrogens is 335 g/mol. The Morgan fingerprint density at radius 1 is 0.963 bits per heavy atom. The average molecular weight is 369 g/mol. The van der Waals surface area contributed by atoms with Gasteiger partial charge in [0.05, 0.1) is 0 Å². The minimum atomic E-state index is -0.140. The third-order valence-electron chi connectivity index (χ3n) is 6.07. The minimum absolute atomic E-state index is 0.140. The monoisotopic (exact) mass is 368 g/mol. The number of aromatic nitrogens is 2. The van der Waals surface area contributed by atoms with Crippen LogP contribution in [0.15, 0.2) is 30.6 Å². The van der Waals surface area contributed by atoms with Crippen LogP contribution < -0.4 is 0 Å². The molecule has 0 radical (unpaired) electrons. The van der Waals surface area contributed by atoms with Crippen molar-refractivity contribution in [3.05, 3.63) is 47.5 Å². The Morgan fingerprint density at radius 3 is 2.30 bits per heavy atom. The summed E-state index contributed by atoms with van der Waals surface area (Å²) in [4.78, 5) is 9.10. The van der Waals surface area contributed by atoms with E-state index in [2.05, 4.69) is 23.8 Å². The van der Waals surface area contributed by atoms with Gasteiger partial charge in [-0.1, -0.05) is 51.7 Å². The number of aryl methyl sites for hydroxylation is 1. The molecule has 0 amide bonds. The SMILES string of the molecule is CCCCc1ccc(-c2ncc(C3CCC(CCCC)CC3)cn2)cc1F. The highest BCUT2D eigenvalue weighted by atomic mass is 19.1. The molecule has 1 fully saturated rings. The van der Waals surface area contributed by atoms with Gasteiger partial charge in [-0.25, -0.2) is 14.4 Å². The number of benzene rings is 1. The highest BCUT2D eigenvalue weighted by molar-refractivity contribution is 5.55. The zero-order valence-electron chi connectivity index (χ0n) is 16.9. The Kier molecular flexibility index (Phi) is 7.37. The van der Waals surface area contributed by atoms with Gasteiger partial charge in [0.2, 0.25) is 0 Å². The number of rotatable bonds is 8. The molecular formula is C24H33FN2. The van der Waals surface area contributed by atoms with Crippen LogP contribution in [-0.2, 0) is 6.42 Å². The molecule has 1 saturated carbocycles. The molecule has 1 aliphatic rings. The molecule has 1 heterocycles. The van der Waals surface area contributed by atoms with Crippen LogP contribution >= 0.6 is 0 Å². The molecule has 0 spiro atoms. The molecule has 1 aromatic carbocycles. The largest absolute Gasteiger partial charge is 0.236 e. The van der Waals surface area contributed by atoms with Gasteiger partial charge in [-0.2, -0.15) is 0 Å². The lowest BCUT2D eigenvalue weighted by atomic mass is 9.78. The van der Waals surface area contributed by atoms with Gasteiger partial charge >= 0.3 is 0 Å². The van der Waals surface area contributed by atoms with Crippen molar-refractivity contribution in [2.45, 2.75) is 84.0 Å². The first kappa shape index (κ1) is 20.0. The molecule has 1 aliphatic carbocycles. The maximum Gasteiger partial charge on any atom is 0.159 e. The predicted molar refractivity (Wildman–Crippen MR) is 110 cm³/mol. The molecule has 0 unspecified atom stereocenters. The summed E-state index contributed by atoms with van der Waals surface area (Å²) in [6.45, 7) is 4.40. The van der Waals surface area contributed by atoms with Gasteiger partial charge in [-0.3, -0.25) is 0 Å². The first-order valence-corrected chi connectivity index (χ1v) is 10.8. The first-order chi connectivity index (χ1) is 13.2. The first-order valence-electron chi connectivity index (χ1n) is 10.8. The highest BCUT2D eigenvalue weighted by Gasteiger charge is 2.22. The molecule has 146 valence electrons. The molecule has 0 N–H and O–H groups in total. The molecule has 0 saturated heterocycles. The van der Waals surface area contributed by atoms with Crippen LogP contribution in [0.4, 0.5) is 4.39 Å². The Hall–Kier alpha value is -1.77. The Labute approximate surface area is 163 Å². The van der Waals surface area contributed by atoms with E-state index < -0.39 is 0 Å². The quantitative estimate of drug-likeness (QED) is 0.497. The van der Waals surface area contributed by atoms with Gasteiger partial charge in [0.15, 0.2) is 5.82 Å². The van der Waals surface area contributed by atoms with E-state index in [4.69, 9.17) is 0 Å². The van der Waals surface area contributed by atoms with E-state index in [1.807, 2.05) is 24.5 Å². The summed E-state index contributed by atoms with van der Waals surface area (Å²) in [6.07, 6.45) is 16.0. The van der Waals surface area contributed by atoms with Crippen LogP contribution in [0.1, 0.15) is 88.7 Å². The van der Waals surface area contributed by atoms with Gasteiger partial charge in [0.1, 0.15) is 5.82 Å². The van der Waals surface area contributed by atoms with E-state index in [1.54, 1.807) is 6.07 Å². The van der Waals surface area contributed by atoms with Gasteiger partial charge in [-0.05, 0) is 67.6 Å². The highest BCUT2D eigenvalue weighted by Crippen LogP contribution is 2.37. The topological polar surface area (TPSA) is 25.8 Å². The van der Waals surface area contributed by atoms with Crippen LogP contribution in [-0.4, -0.2) is 9.97 Å². The third-order valence-corrected chi connectivity index (χ3v) is 6.07. The second-order valence-corrected chi connectivity index (χ2v) is 8.11. The third kappa shape index (κ3) is 5.37. The van der Waals surface area contributed by atoms with Gasteiger partial charge < -0.3 is 0 Å². The van der Waals surface area contributed by atoms with E-state index in [0.717, 1.165) is 36.3 Å². The molecule has 2 aromatic rings. The molecule has 3 heteroatoms. The van der Waals surface area contributed by atoms with Crippen molar-refractivity contribution in [1.29, 1.82) is 0 Å². The minimum Gasteiger partial charge on any atom is -0.236 e. The van der Waals surface area contributed by atoms with Gasteiger partial charge in [0.25, 0.3) is 0 Å². The summed E-state index contributed by atoms with van der Waals surface area (Å²) < 4.78 is 14.3. The lowest BCUT2D eigenvalue weighted by Gasteiger charge is -2.28. The summed E-state index contributed by atoms with van der Waals surface area (Å²) in [5.41, 5.74) is 2.80. The maximum atomic E-state index is 14.3. The Bertz CT molecular complexity index is 703. The number of halogens is 1. The van der Waals surface area contributed by atoms with Crippen molar-refractivity contribution in [2.24, 2.45) is 5.92 Å². The van der Waals surface area contributed by atoms with E-state index in [9.17, 15) is 4.39 Å². The van der Waals surface area contributed by atoms with E-state index in [1.165, 1.54) is 50.5 Å². The van der Waals surface area contributed by atoms with Crippen molar-refractivity contribution in [2.75, 3.05) is 0 Å². The second kappa shape index (κ2) is 9.96. The molecule has 0 atom stereocenters. The molecule has 0 aliphatic heterocycles. The van der Waals surface area contributed by atoms with Crippen LogP contribution in [0, 0.1) is 11.7 Å². The lowest BCUT2D eigenvalue weighted by Crippen LogP contribution is -2.13. The van der Waals surface area contributed by atoms with Crippen molar-refractivity contribution in [1.82, 2.24) is 9.97 Å². The van der Waals surface area contributed by atoms with Crippen molar-refractivity contribution in [3.63, 3.8) is 0 Å². The van der Waals surface area contributed by atoms with Crippen LogP contribution in [0.3, 0.4) is 0 Å². The Balaban J connectivity index is 1.61. The van der Waals surface area contributed by atoms with E-state index in [0.29, 0.717) is 11.7 Å². The van der Waals surface area contributed by atoms with Crippen molar-refractivity contribution in [3.8, 4) is 11.4 Å². The standard InChI is InChI=1S/C24H33FN2/c1-3-5-7-18-9-11-19(12-10-18)22-16-26-24(27-17-22)21-14-13-20(8-6-4-2)23(25)15-21/h13-19H,3-12H2,1-2H3. The number of hydrogen-bond acceptors (Lipinski definition) is 2.